The molecular weight excluding hydrogens is 1150 g/mol. The number of rotatable bonds is 72. The predicted molar refractivity (Wildman–Crippen MR) is 395 cm³/mol. The number of esters is 2. The van der Waals surface area contributed by atoms with E-state index >= 15 is 0 Å². The Labute approximate surface area is 562 Å². The zero-order valence-corrected chi connectivity index (χ0v) is 60.2. The topological polar surface area (TPSA) is 134 Å². The normalized spacial score (nSPS) is 13.5. The van der Waals surface area contributed by atoms with E-state index in [0.717, 1.165) is 89.9 Å². The van der Waals surface area contributed by atoms with Crippen LogP contribution in [0.25, 0.3) is 0 Å². The largest absolute Gasteiger partial charge is 0.472 e. The molecule has 3 N–H and O–H groups in total. The quantitative estimate of drug-likeness (QED) is 0.0264. The maximum absolute atomic E-state index is 12.8. The highest BCUT2D eigenvalue weighted by Gasteiger charge is 2.26. The van der Waals surface area contributed by atoms with Crippen LogP contribution in [0.3, 0.4) is 0 Å². The Morgan fingerprint density at radius 3 is 0.901 bits per heavy atom. The first-order valence-electron chi connectivity index (χ1n) is 38.4. The van der Waals surface area contributed by atoms with Gasteiger partial charge in [-0.25, -0.2) is 4.57 Å². The average molecular weight is 1290 g/mol. The molecule has 526 valence electrons. The van der Waals surface area contributed by atoms with Crippen LogP contribution in [0.1, 0.15) is 361 Å². The molecule has 2 atom stereocenters. The van der Waals surface area contributed by atoms with E-state index in [9.17, 15) is 19.0 Å². The van der Waals surface area contributed by atoms with E-state index in [2.05, 4.69) is 123 Å². The number of carbonyl (C=O) groups is 2. The number of nitrogens with two attached hydrogens (primary N) is 1. The standard InChI is InChI=1S/C81H144NO8P/c1-3-5-7-9-11-13-15-17-19-21-23-25-27-29-31-33-35-37-38-39-40-42-43-45-47-49-51-53-55-57-59-61-63-65-67-69-71-73-80(83)87-77-79(78-89-91(85,86)88-76-75-82)90-81(84)74-72-70-68-66-64-62-60-58-56-54-52-50-48-46-44-41-36-34-32-30-28-26-24-22-20-18-16-14-12-10-8-6-4-2/h6,8,12,14-15,17-18,20-21,23-24,26-27,29-30,32,36,41,79H,3-5,7,9-11,13,16,19,22,25,28,31,33-35,37-40,42-78,82H2,1-2H3,(H,85,86)/b8-6-,14-12-,17-15-,20-18-,23-21-,26-24-,29-27-,32-30-,41-36-. The fraction of sp³-hybridized carbons (Fsp3) is 0.753. The van der Waals surface area contributed by atoms with Gasteiger partial charge in [-0.05, 0) is 103 Å². The summed E-state index contributed by atoms with van der Waals surface area (Å²) in [5.41, 5.74) is 5.41. The minimum absolute atomic E-state index is 0.0514. The zero-order valence-electron chi connectivity index (χ0n) is 59.3. The molecule has 9 nitrogen and oxygen atoms in total. The van der Waals surface area contributed by atoms with Crippen molar-refractivity contribution < 1.29 is 37.6 Å². The summed E-state index contributed by atoms with van der Waals surface area (Å²) in [5, 5.41) is 0. The second-order valence-corrected chi connectivity index (χ2v) is 26.9. The van der Waals surface area contributed by atoms with Crippen molar-refractivity contribution in [2.24, 2.45) is 5.73 Å². The molecule has 10 heteroatoms. The molecule has 0 aliphatic rings. The van der Waals surface area contributed by atoms with Crippen molar-refractivity contribution in [2.75, 3.05) is 26.4 Å². The Hall–Kier alpha value is -3.33. The lowest BCUT2D eigenvalue weighted by Gasteiger charge is -2.19. The maximum Gasteiger partial charge on any atom is 0.472 e. The molecule has 0 rings (SSSR count). The van der Waals surface area contributed by atoms with Crippen molar-refractivity contribution in [1.29, 1.82) is 0 Å². The molecule has 0 aromatic carbocycles. The SMILES string of the molecule is CC/C=C\C/C=C\C/C=C\C/C=C\C/C=C\C/C=C\CCCCCCCCCCCCCCCCC(=O)OC(COC(=O)CCCCCCCCCCCCCCCCCCCCCCCC/C=C\C/C=C\C/C=C\CCCCCCC)COP(=O)(O)OCCN. The number of carbonyl (C=O) groups excluding carboxylic acids is 2. The number of unbranched alkanes of at least 4 members (excludes halogenated alkanes) is 41. The lowest BCUT2D eigenvalue weighted by molar-refractivity contribution is -0.161. The van der Waals surface area contributed by atoms with E-state index in [0.29, 0.717) is 6.42 Å². The summed E-state index contributed by atoms with van der Waals surface area (Å²) in [7, 11) is -4.40. The summed E-state index contributed by atoms with van der Waals surface area (Å²) in [6.45, 7) is 3.66. The number of hydrogen-bond acceptors (Lipinski definition) is 8. The lowest BCUT2D eigenvalue weighted by Crippen LogP contribution is -2.29. The summed E-state index contributed by atoms with van der Waals surface area (Å²) in [6, 6.07) is 0. The molecule has 0 aliphatic heterocycles. The van der Waals surface area contributed by atoms with Gasteiger partial charge in [0.2, 0.25) is 0 Å². The molecule has 0 fully saturated rings. The van der Waals surface area contributed by atoms with Gasteiger partial charge in [-0.3, -0.25) is 18.6 Å². The van der Waals surface area contributed by atoms with E-state index in [1.165, 1.54) is 238 Å². The van der Waals surface area contributed by atoms with Gasteiger partial charge in [0.15, 0.2) is 6.10 Å². The molecule has 0 aromatic rings. The molecule has 91 heavy (non-hydrogen) atoms. The highest BCUT2D eigenvalue weighted by Crippen LogP contribution is 2.43. The second-order valence-electron chi connectivity index (χ2n) is 25.5. The molecule has 0 spiro atoms. The van der Waals surface area contributed by atoms with E-state index in [4.69, 9.17) is 24.3 Å². The van der Waals surface area contributed by atoms with Gasteiger partial charge in [-0.15, -0.1) is 0 Å². The van der Waals surface area contributed by atoms with Crippen molar-refractivity contribution in [2.45, 2.75) is 367 Å². The summed E-state index contributed by atoms with van der Waals surface area (Å²) in [4.78, 5) is 35.4. The monoisotopic (exact) mass is 1290 g/mol. The van der Waals surface area contributed by atoms with Crippen LogP contribution in [0.5, 0.6) is 0 Å². The van der Waals surface area contributed by atoms with Crippen LogP contribution in [0.4, 0.5) is 0 Å². The number of allylic oxidation sites excluding steroid dienone is 18. The van der Waals surface area contributed by atoms with Crippen LogP contribution in [-0.4, -0.2) is 49.3 Å². The summed E-state index contributed by atoms with van der Waals surface area (Å²) < 4.78 is 33.3. The van der Waals surface area contributed by atoms with Crippen LogP contribution in [0.2, 0.25) is 0 Å². The Bertz CT molecular complexity index is 1860. The van der Waals surface area contributed by atoms with Crippen molar-refractivity contribution in [3.8, 4) is 0 Å². The highest BCUT2D eigenvalue weighted by molar-refractivity contribution is 7.47. The second kappa shape index (κ2) is 75.7. The van der Waals surface area contributed by atoms with Gasteiger partial charge < -0.3 is 20.1 Å². The Morgan fingerprint density at radius 1 is 0.341 bits per heavy atom. The fourth-order valence-corrected chi connectivity index (χ4v) is 11.8. The fourth-order valence-electron chi connectivity index (χ4n) is 11.0. The molecule has 0 bridgehead atoms. The molecule has 0 amide bonds. The van der Waals surface area contributed by atoms with Crippen LogP contribution in [0.15, 0.2) is 109 Å². The van der Waals surface area contributed by atoms with Gasteiger partial charge in [0, 0.05) is 19.4 Å². The lowest BCUT2D eigenvalue weighted by atomic mass is 10.0. The van der Waals surface area contributed by atoms with E-state index in [1.807, 2.05) is 0 Å². The Balaban J connectivity index is 3.82. The average Bonchev–Trinajstić information content (AvgIpc) is 3.74. The van der Waals surface area contributed by atoms with Gasteiger partial charge in [0.05, 0.1) is 13.2 Å². The maximum atomic E-state index is 12.8. The Kier molecular flexibility index (Phi) is 72.9. The van der Waals surface area contributed by atoms with Crippen molar-refractivity contribution >= 4 is 19.8 Å². The first kappa shape index (κ1) is 87.7. The first-order valence-corrected chi connectivity index (χ1v) is 39.9. The molecule has 0 heterocycles. The van der Waals surface area contributed by atoms with Gasteiger partial charge in [0.1, 0.15) is 6.61 Å². The van der Waals surface area contributed by atoms with Gasteiger partial charge in [-0.2, -0.15) is 0 Å². The van der Waals surface area contributed by atoms with Gasteiger partial charge in [0.25, 0.3) is 0 Å². The van der Waals surface area contributed by atoms with Crippen molar-refractivity contribution in [1.82, 2.24) is 0 Å². The molecule has 0 saturated carbocycles. The summed E-state index contributed by atoms with van der Waals surface area (Å²) >= 11 is 0. The van der Waals surface area contributed by atoms with Crippen LogP contribution < -0.4 is 5.73 Å². The van der Waals surface area contributed by atoms with Crippen LogP contribution >= 0.6 is 7.82 Å². The van der Waals surface area contributed by atoms with E-state index in [-0.39, 0.29) is 38.6 Å². The molecule has 2 unspecified atom stereocenters. The molecule has 0 aliphatic carbocycles. The molecule has 0 radical (unpaired) electrons. The minimum atomic E-state index is -4.40. The third-order valence-electron chi connectivity index (χ3n) is 16.6. The van der Waals surface area contributed by atoms with Crippen molar-refractivity contribution in [3.05, 3.63) is 109 Å². The number of phosphoric ester groups is 1. The van der Waals surface area contributed by atoms with Crippen LogP contribution in [-0.2, 0) is 32.7 Å². The van der Waals surface area contributed by atoms with Gasteiger partial charge in [-0.1, -0.05) is 354 Å². The first-order chi connectivity index (χ1) is 44.8. The molecule has 0 saturated heterocycles. The number of hydrogen-bond donors (Lipinski definition) is 2. The Morgan fingerprint density at radius 2 is 0.604 bits per heavy atom. The number of ether oxygens (including phenoxy) is 2. The molecule has 0 aromatic heterocycles. The predicted octanol–water partition coefficient (Wildman–Crippen LogP) is 25.6. The third-order valence-corrected chi connectivity index (χ3v) is 17.6. The number of phosphoric acid groups is 1. The highest BCUT2D eigenvalue weighted by atomic mass is 31.2. The van der Waals surface area contributed by atoms with E-state index < -0.39 is 26.5 Å². The van der Waals surface area contributed by atoms with Crippen molar-refractivity contribution in [3.63, 3.8) is 0 Å². The summed E-state index contributed by atoms with van der Waals surface area (Å²) in [6.07, 6.45) is 105. The molecular formula is C81H144NO8P. The minimum Gasteiger partial charge on any atom is -0.462 e. The third kappa shape index (κ3) is 75.6. The summed E-state index contributed by atoms with van der Waals surface area (Å²) in [5.74, 6) is -0.816. The van der Waals surface area contributed by atoms with E-state index in [1.54, 1.807) is 0 Å². The van der Waals surface area contributed by atoms with Crippen LogP contribution in [0, 0.1) is 0 Å². The smallest absolute Gasteiger partial charge is 0.462 e. The van der Waals surface area contributed by atoms with Gasteiger partial charge >= 0.3 is 19.8 Å². The zero-order chi connectivity index (χ0) is 65.8.